The van der Waals surface area contributed by atoms with Crippen LogP contribution in [0.2, 0.25) is 0 Å². The van der Waals surface area contributed by atoms with Crippen molar-refractivity contribution in [3.63, 3.8) is 0 Å². The minimum atomic E-state index is -0.627. The average molecular weight is 442 g/mol. The van der Waals surface area contributed by atoms with Gasteiger partial charge in [-0.1, -0.05) is 24.1 Å². The van der Waals surface area contributed by atoms with Crippen molar-refractivity contribution in [2.75, 3.05) is 5.32 Å². The molecule has 4 aromatic rings. The van der Waals surface area contributed by atoms with E-state index in [0.717, 1.165) is 0 Å². The number of nitrogens with zero attached hydrogens (tertiary/aromatic N) is 3. The first-order valence-electron chi connectivity index (χ1n) is 10.4. The van der Waals surface area contributed by atoms with E-state index >= 15 is 0 Å². The minimum absolute atomic E-state index is 0.0541. The van der Waals surface area contributed by atoms with E-state index < -0.39 is 22.6 Å². The number of hydrogen-bond donors (Lipinski definition) is 1. The highest BCUT2D eigenvalue weighted by atomic mass is 19.1. The zero-order chi connectivity index (χ0) is 23.3. The first-order chi connectivity index (χ1) is 15.9. The van der Waals surface area contributed by atoms with Crippen LogP contribution in [0.15, 0.2) is 69.0 Å². The lowest BCUT2D eigenvalue weighted by Crippen LogP contribution is -2.41. The van der Waals surface area contributed by atoms with Crippen LogP contribution in [0.3, 0.4) is 0 Å². The number of pyridine rings is 1. The summed E-state index contributed by atoms with van der Waals surface area (Å²) in [7, 11) is 1.50. The van der Waals surface area contributed by atoms with Gasteiger partial charge in [-0.15, -0.1) is 6.42 Å². The van der Waals surface area contributed by atoms with Crippen LogP contribution in [0, 0.1) is 18.2 Å². The van der Waals surface area contributed by atoms with Crippen LogP contribution in [0.1, 0.15) is 24.4 Å². The number of aryl methyl sites for hydroxylation is 1. The van der Waals surface area contributed by atoms with Gasteiger partial charge in [0.05, 0.1) is 17.1 Å². The lowest BCUT2D eigenvalue weighted by atomic mass is 10.2. The summed E-state index contributed by atoms with van der Waals surface area (Å²) in [5.74, 6) is 1.73. The lowest BCUT2D eigenvalue weighted by molar-refractivity contribution is 0.631. The number of aromatic nitrogens is 3. The van der Waals surface area contributed by atoms with Crippen molar-refractivity contribution >= 4 is 22.4 Å². The highest BCUT2D eigenvalue weighted by Crippen LogP contribution is 2.33. The fourth-order valence-corrected chi connectivity index (χ4v) is 3.98. The van der Waals surface area contributed by atoms with Crippen LogP contribution in [0.5, 0.6) is 0 Å². The van der Waals surface area contributed by atoms with Crippen molar-refractivity contribution in [2.24, 2.45) is 7.05 Å². The molecule has 0 amide bonds. The molecule has 0 bridgehead atoms. The molecule has 0 atom stereocenters. The van der Waals surface area contributed by atoms with E-state index in [2.05, 4.69) is 11.2 Å². The number of anilines is 2. The molecule has 7 nitrogen and oxygen atoms in total. The van der Waals surface area contributed by atoms with Gasteiger partial charge in [0, 0.05) is 24.7 Å². The first-order valence-corrected chi connectivity index (χ1v) is 10.4. The Balaban J connectivity index is 1.88. The minimum Gasteiger partial charge on any atom is -0.352 e. The molecule has 1 aliphatic rings. The monoisotopic (exact) mass is 442 g/mol. The molecular weight excluding hydrogens is 423 g/mol. The van der Waals surface area contributed by atoms with Gasteiger partial charge in [-0.2, -0.15) is 0 Å². The Morgan fingerprint density at radius 3 is 2.39 bits per heavy atom. The Kier molecular flexibility index (Phi) is 4.75. The molecule has 164 valence electrons. The summed E-state index contributed by atoms with van der Waals surface area (Å²) in [6, 6.07) is 14.0. The third-order valence-corrected chi connectivity index (χ3v) is 5.78. The maximum Gasteiger partial charge on any atom is 0.337 e. The molecule has 0 radical (unpaired) electrons. The number of terminal acetylenes is 1. The second kappa shape index (κ2) is 7.64. The van der Waals surface area contributed by atoms with E-state index in [4.69, 9.17) is 6.42 Å². The maximum absolute atomic E-state index is 14.6. The molecule has 8 heteroatoms. The van der Waals surface area contributed by atoms with Crippen molar-refractivity contribution < 1.29 is 4.39 Å². The maximum atomic E-state index is 14.6. The summed E-state index contributed by atoms with van der Waals surface area (Å²) >= 11 is 0. The number of para-hydroxylation sites is 1. The molecule has 1 fully saturated rings. The fourth-order valence-electron chi connectivity index (χ4n) is 3.98. The van der Waals surface area contributed by atoms with Crippen molar-refractivity contribution in [3.05, 3.63) is 97.2 Å². The molecule has 2 heterocycles. The summed E-state index contributed by atoms with van der Waals surface area (Å²) in [5.41, 5.74) is -0.328. The average Bonchev–Trinajstić information content (AvgIpc) is 3.64. The van der Waals surface area contributed by atoms with Crippen molar-refractivity contribution in [3.8, 4) is 18.0 Å². The summed E-state index contributed by atoms with van der Waals surface area (Å²) in [6.07, 6.45) is 6.76. The Labute approximate surface area is 187 Å². The third kappa shape index (κ3) is 3.34. The van der Waals surface area contributed by atoms with Crippen molar-refractivity contribution in [2.45, 2.75) is 18.9 Å². The van der Waals surface area contributed by atoms with Gasteiger partial charge in [0.2, 0.25) is 0 Å². The van der Waals surface area contributed by atoms with Crippen LogP contribution in [-0.2, 0) is 7.05 Å². The van der Waals surface area contributed by atoms with E-state index in [1.807, 2.05) is 6.07 Å². The Bertz CT molecular complexity index is 1640. The van der Waals surface area contributed by atoms with E-state index in [1.54, 1.807) is 30.3 Å². The number of nitrogens with one attached hydrogen (secondary N) is 1. The summed E-state index contributed by atoms with van der Waals surface area (Å²) in [6.45, 7) is 0. The van der Waals surface area contributed by atoms with Crippen molar-refractivity contribution in [1.82, 2.24) is 13.7 Å². The molecular formula is C25H19FN4O3. The second-order valence-electron chi connectivity index (χ2n) is 7.98. The quantitative estimate of drug-likeness (QED) is 0.493. The van der Waals surface area contributed by atoms with Gasteiger partial charge in [0.15, 0.2) is 0 Å². The Morgan fingerprint density at radius 2 is 1.76 bits per heavy atom. The van der Waals surface area contributed by atoms with E-state index in [1.165, 1.54) is 38.9 Å². The third-order valence-electron chi connectivity index (χ3n) is 5.78. The smallest absolute Gasteiger partial charge is 0.337 e. The molecule has 1 N–H and O–H groups in total. The standard InChI is InChI=1S/C25H19FN4O3/c1-3-15-9-12-19(18(26)13-15)27-20-14-21(31)28(2)23-22(20)24(32)30(17-10-11-17)25(33)29(23)16-7-5-4-6-8-16/h1,4-9,12-14,17,27H,10-11H2,2H3. The normalized spacial score (nSPS) is 13.1. The molecule has 0 saturated heterocycles. The molecule has 1 saturated carbocycles. The van der Waals surface area contributed by atoms with Crippen LogP contribution in [0.25, 0.3) is 16.7 Å². The number of hydrogen-bond acceptors (Lipinski definition) is 4. The number of benzene rings is 2. The highest BCUT2D eigenvalue weighted by molar-refractivity contribution is 5.91. The molecule has 5 rings (SSSR count). The largest absolute Gasteiger partial charge is 0.352 e. The van der Waals surface area contributed by atoms with Crippen LogP contribution in [-0.4, -0.2) is 13.7 Å². The van der Waals surface area contributed by atoms with Crippen LogP contribution >= 0.6 is 0 Å². The number of halogens is 1. The Hall–Kier alpha value is -4.38. The lowest BCUT2D eigenvalue weighted by Gasteiger charge is -2.19. The SMILES string of the molecule is C#Cc1ccc(Nc2cc(=O)n(C)c3c2c(=O)n(C2CC2)c(=O)n3-c2ccccc2)c(F)c1. The van der Waals surface area contributed by atoms with Crippen molar-refractivity contribution in [1.29, 1.82) is 0 Å². The molecule has 0 aliphatic heterocycles. The number of rotatable bonds is 4. The molecule has 33 heavy (non-hydrogen) atoms. The molecule has 2 aromatic carbocycles. The predicted octanol–water partition coefficient (Wildman–Crippen LogP) is 3.05. The van der Waals surface area contributed by atoms with Gasteiger partial charge in [-0.25, -0.2) is 13.8 Å². The van der Waals surface area contributed by atoms with E-state index in [9.17, 15) is 18.8 Å². The summed E-state index contributed by atoms with van der Waals surface area (Å²) in [4.78, 5) is 39.8. The van der Waals surface area contributed by atoms with E-state index in [-0.39, 0.29) is 28.5 Å². The van der Waals surface area contributed by atoms with E-state index in [0.29, 0.717) is 24.1 Å². The summed E-state index contributed by atoms with van der Waals surface area (Å²) < 4.78 is 18.5. The van der Waals surface area contributed by atoms with Crippen LogP contribution in [0.4, 0.5) is 15.8 Å². The predicted molar refractivity (Wildman–Crippen MR) is 125 cm³/mol. The Morgan fingerprint density at radius 1 is 1.03 bits per heavy atom. The topological polar surface area (TPSA) is 78.0 Å². The van der Waals surface area contributed by atoms with Gasteiger partial charge < -0.3 is 5.32 Å². The fraction of sp³-hybridized carbons (Fsp3) is 0.160. The summed E-state index contributed by atoms with van der Waals surface area (Å²) in [5, 5.41) is 2.99. The zero-order valence-electron chi connectivity index (χ0n) is 17.7. The number of fused-ring (bicyclic) bond motifs is 1. The van der Waals surface area contributed by atoms with Gasteiger partial charge in [-0.05, 0) is 43.2 Å². The van der Waals surface area contributed by atoms with Gasteiger partial charge in [-0.3, -0.25) is 18.7 Å². The van der Waals surface area contributed by atoms with Crippen LogP contribution < -0.4 is 22.1 Å². The molecule has 0 spiro atoms. The second-order valence-corrected chi connectivity index (χ2v) is 7.98. The van der Waals surface area contributed by atoms with Gasteiger partial charge in [0.25, 0.3) is 11.1 Å². The molecule has 2 aromatic heterocycles. The zero-order valence-corrected chi connectivity index (χ0v) is 17.7. The first kappa shape index (κ1) is 20.5. The molecule has 0 unspecified atom stereocenters. The molecule has 1 aliphatic carbocycles. The van der Waals surface area contributed by atoms with Gasteiger partial charge >= 0.3 is 5.69 Å². The highest BCUT2D eigenvalue weighted by Gasteiger charge is 2.31. The van der Waals surface area contributed by atoms with Gasteiger partial charge in [0.1, 0.15) is 16.9 Å².